The van der Waals surface area contributed by atoms with Gasteiger partial charge in [-0.3, -0.25) is 0 Å². The van der Waals surface area contributed by atoms with Crippen molar-refractivity contribution < 1.29 is 17.9 Å². The maximum absolute atomic E-state index is 12.0. The Bertz CT molecular complexity index is 707. The summed E-state index contributed by atoms with van der Waals surface area (Å²) in [7, 11) is -0.418. The van der Waals surface area contributed by atoms with Crippen LogP contribution in [0.5, 0.6) is 17.2 Å². The number of nitrogens with zero attached hydrogens (tertiary/aromatic N) is 1. The minimum Gasteiger partial charge on any atom is -0.494 e. The highest BCUT2D eigenvalue weighted by atomic mass is 32.2. The van der Waals surface area contributed by atoms with Crippen LogP contribution in [0.15, 0.2) is 53.4 Å². The molecule has 0 N–H and O–H groups in total. The molecule has 0 spiro atoms. The van der Waals surface area contributed by atoms with Gasteiger partial charge in [0, 0.05) is 14.1 Å². The molecule has 0 fully saturated rings. The minimum atomic E-state index is -3.42. The molecule has 0 amide bonds. The molecule has 22 heavy (non-hydrogen) atoms. The van der Waals surface area contributed by atoms with Gasteiger partial charge in [-0.05, 0) is 55.5 Å². The molecular formula is C16H19NO4S. The van der Waals surface area contributed by atoms with Crippen LogP contribution in [0.25, 0.3) is 0 Å². The van der Waals surface area contributed by atoms with Crippen molar-refractivity contribution >= 4 is 10.0 Å². The van der Waals surface area contributed by atoms with Crippen LogP contribution in [-0.2, 0) is 10.0 Å². The Kier molecular flexibility index (Phi) is 5.05. The van der Waals surface area contributed by atoms with Gasteiger partial charge in [-0.25, -0.2) is 12.7 Å². The van der Waals surface area contributed by atoms with E-state index in [4.69, 9.17) is 9.47 Å². The van der Waals surface area contributed by atoms with E-state index in [1.165, 1.54) is 30.5 Å². The lowest BCUT2D eigenvalue weighted by Gasteiger charge is -2.12. The predicted molar refractivity (Wildman–Crippen MR) is 85.0 cm³/mol. The highest BCUT2D eigenvalue weighted by Gasteiger charge is 2.16. The van der Waals surface area contributed by atoms with E-state index < -0.39 is 10.0 Å². The van der Waals surface area contributed by atoms with E-state index in [0.29, 0.717) is 18.1 Å². The molecule has 2 rings (SSSR count). The van der Waals surface area contributed by atoms with Crippen molar-refractivity contribution in [3.63, 3.8) is 0 Å². The highest BCUT2D eigenvalue weighted by molar-refractivity contribution is 7.89. The molecule has 0 saturated heterocycles. The van der Waals surface area contributed by atoms with Crippen molar-refractivity contribution in [1.82, 2.24) is 4.31 Å². The fourth-order valence-electron chi connectivity index (χ4n) is 1.80. The van der Waals surface area contributed by atoms with Gasteiger partial charge >= 0.3 is 0 Å². The molecule has 118 valence electrons. The van der Waals surface area contributed by atoms with Crippen molar-refractivity contribution in [3.05, 3.63) is 48.5 Å². The SMILES string of the molecule is CCOc1ccc(Oc2ccc(S(=O)(=O)N(C)C)cc2)cc1. The summed E-state index contributed by atoms with van der Waals surface area (Å²) in [6.45, 7) is 2.54. The third-order valence-corrected chi connectivity index (χ3v) is 4.80. The maximum atomic E-state index is 12.0. The molecule has 0 heterocycles. The third-order valence-electron chi connectivity index (χ3n) is 2.97. The first-order chi connectivity index (χ1) is 10.4. The summed E-state index contributed by atoms with van der Waals surface area (Å²) in [5.41, 5.74) is 0. The zero-order valence-corrected chi connectivity index (χ0v) is 13.6. The Morgan fingerprint density at radius 1 is 0.864 bits per heavy atom. The largest absolute Gasteiger partial charge is 0.494 e. The van der Waals surface area contributed by atoms with E-state index in [0.717, 1.165) is 5.75 Å². The van der Waals surface area contributed by atoms with Crippen molar-refractivity contribution in [1.29, 1.82) is 0 Å². The van der Waals surface area contributed by atoms with Crippen LogP contribution in [0, 0.1) is 0 Å². The Morgan fingerprint density at radius 2 is 1.32 bits per heavy atom. The van der Waals surface area contributed by atoms with Gasteiger partial charge in [0.1, 0.15) is 17.2 Å². The maximum Gasteiger partial charge on any atom is 0.242 e. The first kappa shape index (κ1) is 16.3. The molecule has 0 bridgehead atoms. The molecule has 5 nitrogen and oxygen atoms in total. The van der Waals surface area contributed by atoms with Gasteiger partial charge in [-0.1, -0.05) is 0 Å². The van der Waals surface area contributed by atoms with E-state index in [9.17, 15) is 8.42 Å². The summed E-state index contributed by atoms with van der Waals surface area (Å²) in [5, 5.41) is 0. The van der Waals surface area contributed by atoms with Crippen molar-refractivity contribution in [2.24, 2.45) is 0 Å². The lowest BCUT2D eigenvalue weighted by Crippen LogP contribution is -2.22. The zero-order chi connectivity index (χ0) is 16.2. The van der Waals surface area contributed by atoms with Crippen LogP contribution in [-0.4, -0.2) is 33.4 Å². The molecule has 0 saturated carbocycles. The molecule has 2 aromatic carbocycles. The van der Waals surface area contributed by atoms with E-state index in [1.54, 1.807) is 24.3 Å². The van der Waals surface area contributed by atoms with E-state index in [-0.39, 0.29) is 4.90 Å². The molecule has 2 aromatic rings. The van der Waals surface area contributed by atoms with Crippen LogP contribution in [0.4, 0.5) is 0 Å². The molecule has 0 aliphatic carbocycles. The molecule has 6 heteroatoms. The summed E-state index contributed by atoms with van der Waals surface area (Å²) < 4.78 is 36.2. The summed E-state index contributed by atoms with van der Waals surface area (Å²) in [4.78, 5) is 0.233. The fourth-order valence-corrected chi connectivity index (χ4v) is 2.70. The first-order valence-corrected chi connectivity index (χ1v) is 8.31. The zero-order valence-electron chi connectivity index (χ0n) is 12.8. The number of benzene rings is 2. The molecule has 0 radical (unpaired) electrons. The Morgan fingerprint density at radius 3 is 1.77 bits per heavy atom. The second-order valence-corrected chi connectivity index (χ2v) is 6.92. The lowest BCUT2D eigenvalue weighted by molar-refractivity contribution is 0.339. The Balaban J connectivity index is 2.11. The topological polar surface area (TPSA) is 55.8 Å². The molecule has 0 aliphatic rings. The van der Waals surface area contributed by atoms with Crippen molar-refractivity contribution in [3.8, 4) is 17.2 Å². The van der Waals surface area contributed by atoms with Gasteiger partial charge in [0.15, 0.2) is 0 Å². The van der Waals surface area contributed by atoms with Crippen LogP contribution in [0.2, 0.25) is 0 Å². The fraction of sp³-hybridized carbons (Fsp3) is 0.250. The quantitative estimate of drug-likeness (QED) is 0.820. The van der Waals surface area contributed by atoms with E-state index >= 15 is 0 Å². The summed E-state index contributed by atoms with van der Waals surface area (Å²) in [5.74, 6) is 2.01. The number of rotatable bonds is 6. The molecule has 0 aromatic heterocycles. The second kappa shape index (κ2) is 6.81. The van der Waals surface area contributed by atoms with Gasteiger partial charge in [0.25, 0.3) is 0 Å². The summed E-state index contributed by atoms with van der Waals surface area (Å²) in [6.07, 6.45) is 0. The van der Waals surface area contributed by atoms with Gasteiger partial charge in [-0.15, -0.1) is 0 Å². The van der Waals surface area contributed by atoms with Gasteiger partial charge in [-0.2, -0.15) is 0 Å². The number of ether oxygens (including phenoxy) is 2. The Hall–Kier alpha value is -2.05. The van der Waals surface area contributed by atoms with Gasteiger partial charge < -0.3 is 9.47 Å². The number of hydrogen-bond acceptors (Lipinski definition) is 4. The second-order valence-electron chi connectivity index (χ2n) is 4.77. The van der Waals surface area contributed by atoms with Gasteiger partial charge in [0.05, 0.1) is 11.5 Å². The van der Waals surface area contributed by atoms with Crippen LogP contribution >= 0.6 is 0 Å². The predicted octanol–water partition coefficient (Wildman–Crippen LogP) is 3.13. The Labute approximate surface area is 131 Å². The average molecular weight is 321 g/mol. The molecule has 0 aliphatic heterocycles. The molecular weight excluding hydrogens is 302 g/mol. The van der Waals surface area contributed by atoms with Crippen LogP contribution < -0.4 is 9.47 Å². The summed E-state index contributed by atoms with van der Waals surface area (Å²) in [6, 6.07) is 13.6. The van der Waals surface area contributed by atoms with Crippen LogP contribution in [0.3, 0.4) is 0 Å². The average Bonchev–Trinajstić information content (AvgIpc) is 2.50. The highest BCUT2D eigenvalue weighted by Crippen LogP contribution is 2.25. The lowest BCUT2D eigenvalue weighted by atomic mass is 10.3. The summed E-state index contributed by atoms with van der Waals surface area (Å²) >= 11 is 0. The molecule has 0 atom stereocenters. The minimum absolute atomic E-state index is 0.233. The van der Waals surface area contributed by atoms with Crippen molar-refractivity contribution in [2.45, 2.75) is 11.8 Å². The van der Waals surface area contributed by atoms with E-state index in [1.807, 2.05) is 19.1 Å². The van der Waals surface area contributed by atoms with Crippen LogP contribution in [0.1, 0.15) is 6.92 Å². The van der Waals surface area contributed by atoms with Gasteiger partial charge in [0.2, 0.25) is 10.0 Å². The van der Waals surface area contributed by atoms with E-state index in [2.05, 4.69) is 0 Å². The monoisotopic (exact) mass is 321 g/mol. The normalized spacial score (nSPS) is 11.5. The number of hydrogen-bond donors (Lipinski definition) is 0. The first-order valence-electron chi connectivity index (χ1n) is 6.87. The smallest absolute Gasteiger partial charge is 0.242 e. The van der Waals surface area contributed by atoms with Crippen molar-refractivity contribution in [2.75, 3.05) is 20.7 Å². The standard InChI is InChI=1S/C16H19NO4S/c1-4-20-13-5-7-14(8-6-13)21-15-9-11-16(12-10-15)22(18,19)17(2)3/h5-12H,4H2,1-3H3. The number of sulfonamides is 1. The molecule has 0 unspecified atom stereocenters. The third kappa shape index (κ3) is 3.78.